The van der Waals surface area contributed by atoms with Crippen LogP contribution in [0.5, 0.6) is 0 Å². The Morgan fingerprint density at radius 1 is 0.806 bits per heavy atom. The zero-order valence-corrected chi connectivity index (χ0v) is 16.2. The first-order valence-corrected chi connectivity index (χ1v) is 9.81. The maximum Gasteiger partial charge on any atom is 0.251 e. The Kier molecular flexibility index (Phi) is 3.86. The number of nitrogens with zero attached hydrogens (tertiary/aromatic N) is 4. The molecule has 6 rings (SSSR count). The lowest BCUT2D eigenvalue weighted by molar-refractivity contribution is 0.0948. The highest BCUT2D eigenvalue weighted by molar-refractivity contribution is 6.21. The summed E-state index contributed by atoms with van der Waals surface area (Å²) in [6.45, 7) is 0.319. The van der Waals surface area contributed by atoms with E-state index < -0.39 is 0 Å². The van der Waals surface area contributed by atoms with Gasteiger partial charge in [0.1, 0.15) is 16.8 Å². The third kappa shape index (κ3) is 2.86. The van der Waals surface area contributed by atoms with Gasteiger partial charge in [-0.05, 0) is 42.5 Å². The minimum absolute atomic E-state index is 0.205. The van der Waals surface area contributed by atoms with Gasteiger partial charge in [0.25, 0.3) is 5.91 Å². The summed E-state index contributed by atoms with van der Waals surface area (Å²) in [5, 5.41) is 4.81. The number of hydrogen-bond donors (Lipinski definition) is 1. The van der Waals surface area contributed by atoms with E-state index in [1.807, 2.05) is 30.3 Å². The van der Waals surface area contributed by atoms with Gasteiger partial charge < -0.3 is 9.73 Å². The number of amides is 1. The highest BCUT2D eigenvalue weighted by Gasteiger charge is 2.15. The molecule has 0 unspecified atom stereocenters. The third-order valence-electron chi connectivity index (χ3n) is 5.28. The normalized spacial score (nSPS) is 11.5. The summed E-state index contributed by atoms with van der Waals surface area (Å²) < 4.78 is 5.26. The molecule has 1 N–H and O–H groups in total. The van der Waals surface area contributed by atoms with E-state index in [9.17, 15) is 4.79 Å². The van der Waals surface area contributed by atoms with Crippen LogP contribution in [-0.2, 0) is 6.54 Å². The van der Waals surface area contributed by atoms with E-state index in [1.165, 1.54) is 0 Å². The molecular formula is C24H15N5O2. The average Bonchev–Trinajstić information content (AvgIpc) is 3.35. The van der Waals surface area contributed by atoms with Crippen LogP contribution in [0.3, 0.4) is 0 Å². The molecule has 0 fully saturated rings. The van der Waals surface area contributed by atoms with E-state index >= 15 is 0 Å². The summed E-state index contributed by atoms with van der Waals surface area (Å²) in [4.78, 5) is 31.4. The van der Waals surface area contributed by atoms with Crippen molar-refractivity contribution in [3.63, 3.8) is 0 Å². The quantitative estimate of drug-likeness (QED) is 0.346. The molecule has 2 aromatic carbocycles. The molecule has 1 amide bonds. The number of hydrogen-bond acceptors (Lipinski definition) is 6. The lowest BCUT2D eigenvalue weighted by atomic mass is 10.1. The monoisotopic (exact) mass is 405 g/mol. The van der Waals surface area contributed by atoms with Crippen molar-refractivity contribution < 1.29 is 9.21 Å². The van der Waals surface area contributed by atoms with Gasteiger partial charge in [-0.25, -0.2) is 9.97 Å². The zero-order chi connectivity index (χ0) is 20.8. The Labute approximate surface area is 175 Å². The number of carbonyl (C=O) groups is 1. The molecule has 7 nitrogen and oxygen atoms in total. The van der Waals surface area contributed by atoms with Gasteiger partial charge in [0.05, 0.1) is 34.9 Å². The molecule has 0 saturated carbocycles. The molecule has 0 aliphatic heterocycles. The van der Waals surface area contributed by atoms with Crippen LogP contribution < -0.4 is 5.32 Å². The summed E-state index contributed by atoms with van der Waals surface area (Å²) in [5.74, 6) is 0.486. The van der Waals surface area contributed by atoms with Crippen molar-refractivity contribution in [3.05, 3.63) is 84.6 Å². The third-order valence-corrected chi connectivity index (χ3v) is 5.28. The molecule has 4 aromatic heterocycles. The summed E-state index contributed by atoms with van der Waals surface area (Å²) in [6.07, 6.45) is 5.08. The largest absolute Gasteiger partial charge is 0.467 e. The van der Waals surface area contributed by atoms with Gasteiger partial charge in [0.2, 0.25) is 0 Å². The number of fused-ring (bicyclic) bond motifs is 7. The molecular weight excluding hydrogens is 390 g/mol. The molecule has 0 radical (unpaired) electrons. The van der Waals surface area contributed by atoms with Crippen LogP contribution >= 0.6 is 0 Å². The molecule has 0 atom stereocenters. The zero-order valence-electron chi connectivity index (χ0n) is 16.2. The Morgan fingerprint density at radius 2 is 1.52 bits per heavy atom. The fourth-order valence-electron chi connectivity index (χ4n) is 3.83. The molecule has 0 bridgehead atoms. The minimum atomic E-state index is -0.205. The van der Waals surface area contributed by atoms with Crippen LogP contribution in [0, 0.1) is 0 Å². The van der Waals surface area contributed by atoms with Crippen LogP contribution in [0.1, 0.15) is 16.1 Å². The summed E-state index contributed by atoms with van der Waals surface area (Å²) in [7, 11) is 0. The molecule has 0 aliphatic rings. The maximum absolute atomic E-state index is 12.6. The Bertz CT molecular complexity index is 1610. The van der Waals surface area contributed by atoms with Crippen LogP contribution in [0.25, 0.3) is 43.9 Å². The Morgan fingerprint density at radius 3 is 2.19 bits per heavy atom. The Hall–Kier alpha value is -4.39. The lowest BCUT2D eigenvalue weighted by Crippen LogP contribution is -2.22. The van der Waals surface area contributed by atoms with Crippen molar-refractivity contribution in [2.24, 2.45) is 0 Å². The van der Waals surface area contributed by atoms with Crippen molar-refractivity contribution in [1.82, 2.24) is 25.3 Å². The average molecular weight is 405 g/mol. The lowest BCUT2D eigenvalue weighted by Gasteiger charge is -2.09. The molecule has 6 aromatic rings. The second-order valence-corrected chi connectivity index (χ2v) is 7.19. The van der Waals surface area contributed by atoms with E-state index in [0.717, 1.165) is 21.8 Å². The number of rotatable bonds is 3. The van der Waals surface area contributed by atoms with E-state index in [-0.39, 0.29) is 5.91 Å². The minimum Gasteiger partial charge on any atom is -0.467 e. The van der Waals surface area contributed by atoms with Crippen molar-refractivity contribution >= 4 is 49.8 Å². The molecule has 0 aliphatic carbocycles. The molecule has 31 heavy (non-hydrogen) atoms. The second kappa shape index (κ2) is 6.84. The number of pyridine rings is 2. The van der Waals surface area contributed by atoms with Gasteiger partial charge in [0, 0.05) is 28.7 Å². The predicted octanol–water partition coefficient (Wildman–Crippen LogP) is 4.40. The van der Waals surface area contributed by atoms with Crippen molar-refractivity contribution in [3.8, 4) is 0 Å². The number of nitrogens with one attached hydrogen (secondary N) is 1. The maximum atomic E-state index is 12.6. The summed E-state index contributed by atoms with van der Waals surface area (Å²) in [6, 6.07) is 16.7. The van der Waals surface area contributed by atoms with E-state index in [4.69, 9.17) is 14.4 Å². The van der Waals surface area contributed by atoms with Gasteiger partial charge in [0.15, 0.2) is 0 Å². The molecule has 148 valence electrons. The first-order valence-electron chi connectivity index (χ1n) is 9.81. The van der Waals surface area contributed by atoms with Crippen LogP contribution in [0.4, 0.5) is 0 Å². The number of carbonyl (C=O) groups excluding carboxylic acids is 1. The smallest absolute Gasteiger partial charge is 0.251 e. The summed E-state index contributed by atoms with van der Waals surface area (Å²) in [5.41, 5.74) is 4.74. The molecule has 4 heterocycles. The summed E-state index contributed by atoms with van der Waals surface area (Å²) >= 11 is 0. The standard InChI is InChI=1S/C24H15N5O2/c30-24(27-13-15-4-3-11-31-15)14-7-8-18-19(12-14)29-23-21-17(6-2-10-26-21)16-5-1-9-25-20(16)22(23)28-18/h1-12H,13H2,(H,27,30). The van der Waals surface area contributed by atoms with Gasteiger partial charge in [-0.15, -0.1) is 0 Å². The van der Waals surface area contributed by atoms with E-state index in [2.05, 4.69) is 15.3 Å². The fourth-order valence-corrected chi connectivity index (χ4v) is 3.83. The van der Waals surface area contributed by atoms with E-state index in [1.54, 1.807) is 42.9 Å². The number of furan rings is 1. The van der Waals surface area contributed by atoms with Gasteiger partial charge in [-0.2, -0.15) is 0 Å². The number of aromatic nitrogens is 4. The van der Waals surface area contributed by atoms with Crippen molar-refractivity contribution in [2.75, 3.05) is 0 Å². The Balaban J connectivity index is 1.52. The first-order chi connectivity index (χ1) is 15.3. The van der Waals surface area contributed by atoms with Gasteiger partial charge in [-0.3, -0.25) is 14.8 Å². The van der Waals surface area contributed by atoms with Crippen LogP contribution in [0.15, 0.2) is 77.7 Å². The molecule has 7 heteroatoms. The SMILES string of the molecule is O=C(NCc1ccco1)c1ccc2nc3c4ncccc4c4cccnc4c3nc2c1. The predicted molar refractivity (Wildman–Crippen MR) is 118 cm³/mol. The van der Waals surface area contributed by atoms with Gasteiger partial charge >= 0.3 is 0 Å². The molecule has 0 spiro atoms. The van der Waals surface area contributed by atoms with Crippen LogP contribution in [-0.4, -0.2) is 25.8 Å². The highest BCUT2D eigenvalue weighted by Crippen LogP contribution is 2.31. The second-order valence-electron chi connectivity index (χ2n) is 7.19. The van der Waals surface area contributed by atoms with Gasteiger partial charge in [-0.1, -0.05) is 12.1 Å². The highest BCUT2D eigenvalue weighted by atomic mass is 16.3. The van der Waals surface area contributed by atoms with Crippen LogP contribution in [0.2, 0.25) is 0 Å². The first kappa shape index (κ1) is 17.5. The fraction of sp³-hybridized carbons (Fsp3) is 0.0417. The van der Waals surface area contributed by atoms with Crippen molar-refractivity contribution in [1.29, 1.82) is 0 Å². The molecule has 0 saturated heterocycles. The number of benzene rings is 2. The van der Waals surface area contributed by atoms with Crippen molar-refractivity contribution in [2.45, 2.75) is 6.54 Å². The van der Waals surface area contributed by atoms with E-state index in [0.29, 0.717) is 39.9 Å². The topological polar surface area (TPSA) is 93.8 Å².